The van der Waals surface area contributed by atoms with Crippen LogP contribution in [0.5, 0.6) is 5.75 Å². The summed E-state index contributed by atoms with van der Waals surface area (Å²) in [5.74, 6) is 0.291. The number of methoxy groups -OCH3 is 1. The van der Waals surface area contributed by atoms with Gasteiger partial charge in [0, 0.05) is 29.4 Å². The Hall–Kier alpha value is -2.89. The molecule has 0 bridgehead atoms. The van der Waals surface area contributed by atoms with Gasteiger partial charge in [-0.1, -0.05) is 6.07 Å². The molecule has 102 valence electrons. The third kappa shape index (κ3) is 3.11. The van der Waals surface area contributed by atoms with Crippen LogP contribution in [0.3, 0.4) is 0 Å². The predicted octanol–water partition coefficient (Wildman–Crippen LogP) is 2.86. The minimum Gasteiger partial charge on any atom is -0.497 e. The molecule has 2 aromatic rings. The molecule has 1 amide bonds. The predicted molar refractivity (Wildman–Crippen MR) is 74.0 cm³/mol. The highest BCUT2D eigenvalue weighted by Crippen LogP contribution is 2.18. The van der Waals surface area contributed by atoms with Crippen LogP contribution in [0, 0.1) is 10.1 Å². The number of amides is 1. The number of non-ortho nitro benzene ring substituents is 1. The van der Waals surface area contributed by atoms with E-state index in [4.69, 9.17) is 4.74 Å². The quantitative estimate of drug-likeness (QED) is 0.685. The summed E-state index contributed by atoms with van der Waals surface area (Å²) >= 11 is 0. The maximum absolute atomic E-state index is 12.0. The summed E-state index contributed by atoms with van der Waals surface area (Å²) in [7, 11) is 1.54. The molecule has 0 aliphatic heterocycles. The molecule has 0 saturated heterocycles. The SMILES string of the molecule is COc1cccc(NC(=O)c2ccc([N+](=O)[O-])cc2)c1. The van der Waals surface area contributed by atoms with Gasteiger partial charge in [0.05, 0.1) is 12.0 Å². The second-order valence-corrected chi connectivity index (χ2v) is 3.99. The average Bonchev–Trinajstić information content (AvgIpc) is 2.47. The van der Waals surface area contributed by atoms with E-state index in [0.717, 1.165) is 0 Å². The first-order chi connectivity index (χ1) is 9.60. The Morgan fingerprint density at radius 2 is 1.90 bits per heavy atom. The van der Waals surface area contributed by atoms with Gasteiger partial charge in [0.15, 0.2) is 0 Å². The van der Waals surface area contributed by atoms with Crippen molar-refractivity contribution < 1.29 is 14.5 Å². The molecule has 0 atom stereocenters. The van der Waals surface area contributed by atoms with Gasteiger partial charge in [0.2, 0.25) is 0 Å². The van der Waals surface area contributed by atoms with Gasteiger partial charge in [0.25, 0.3) is 11.6 Å². The van der Waals surface area contributed by atoms with Gasteiger partial charge in [-0.15, -0.1) is 0 Å². The first-order valence-corrected chi connectivity index (χ1v) is 5.80. The maximum Gasteiger partial charge on any atom is 0.269 e. The number of nitrogens with zero attached hydrogens (tertiary/aromatic N) is 1. The molecule has 20 heavy (non-hydrogen) atoms. The monoisotopic (exact) mass is 272 g/mol. The van der Waals surface area contributed by atoms with Crippen molar-refractivity contribution in [3.8, 4) is 5.75 Å². The van der Waals surface area contributed by atoms with Crippen molar-refractivity contribution in [2.45, 2.75) is 0 Å². The normalized spacial score (nSPS) is 9.85. The molecule has 1 N–H and O–H groups in total. The molecule has 0 aromatic heterocycles. The zero-order valence-corrected chi connectivity index (χ0v) is 10.7. The fraction of sp³-hybridized carbons (Fsp3) is 0.0714. The van der Waals surface area contributed by atoms with E-state index in [9.17, 15) is 14.9 Å². The highest BCUT2D eigenvalue weighted by atomic mass is 16.6. The van der Waals surface area contributed by atoms with Crippen LogP contribution in [-0.4, -0.2) is 17.9 Å². The molecule has 0 aliphatic carbocycles. The lowest BCUT2D eigenvalue weighted by Gasteiger charge is -2.06. The molecule has 0 fully saturated rings. The highest BCUT2D eigenvalue weighted by Gasteiger charge is 2.09. The number of ether oxygens (including phenoxy) is 1. The van der Waals surface area contributed by atoms with Crippen LogP contribution in [0.2, 0.25) is 0 Å². The third-order valence-electron chi connectivity index (χ3n) is 2.67. The minimum atomic E-state index is -0.510. The molecule has 2 rings (SSSR count). The number of benzene rings is 2. The topological polar surface area (TPSA) is 81.5 Å². The first kappa shape index (κ1) is 13.5. The Morgan fingerprint density at radius 3 is 2.50 bits per heavy atom. The summed E-state index contributed by atoms with van der Waals surface area (Å²) in [5.41, 5.74) is 0.883. The smallest absolute Gasteiger partial charge is 0.269 e. The van der Waals surface area contributed by atoms with Gasteiger partial charge in [0.1, 0.15) is 5.75 Å². The van der Waals surface area contributed by atoms with Crippen molar-refractivity contribution in [1.29, 1.82) is 0 Å². The molecule has 2 aromatic carbocycles. The molecule has 0 radical (unpaired) electrons. The lowest BCUT2D eigenvalue weighted by atomic mass is 10.2. The summed E-state index contributed by atoms with van der Waals surface area (Å²) in [6, 6.07) is 12.3. The minimum absolute atomic E-state index is 0.0528. The van der Waals surface area contributed by atoms with E-state index in [1.165, 1.54) is 31.4 Å². The Bertz CT molecular complexity index is 638. The van der Waals surface area contributed by atoms with Crippen molar-refractivity contribution in [2.75, 3.05) is 12.4 Å². The van der Waals surface area contributed by atoms with Gasteiger partial charge < -0.3 is 10.1 Å². The Kier molecular flexibility index (Phi) is 3.95. The van der Waals surface area contributed by atoms with Crippen molar-refractivity contribution in [3.63, 3.8) is 0 Å². The Labute approximate surface area is 115 Å². The molecule has 0 saturated carbocycles. The maximum atomic E-state index is 12.0. The van der Waals surface area contributed by atoms with Crippen LogP contribution in [0.25, 0.3) is 0 Å². The lowest BCUT2D eigenvalue weighted by molar-refractivity contribution is -0.384. The number of rotatable bonds is 4. The van der Waals surface area contributed by atoms with E-state index in [-0.39, 0.29) is 11.6 Å². The summed E-state index contributed by atoms with van der Waals surface area (Å²) in [6.07, 6.45) is 0. The highest BCUT2D eigenvalue weighted by molar-refractivity contribution is 6.04. The second-order valence-electron chi connectivity index (χ2n) is 3.99. The molecule has 0 aliphatic rings. The number of nitrogens with one attached hydrogen (secondary N) is 1. The van der Waals surface area contributed by atoms with Gasteiger partial charge in [-0.2, -0.15) is 0 Å². The van der Waals surface area contributed by atoms with Crippen molar-refractivity contribution in [1.82, 2.24) is 0 Å². The van der Waals surface area contributed by atoms with Crippen LogP contribution in [0.4, 0.5) is 11.4 Å². The van der Waals surface area contributed by atoms with Crippen LogP contribution in [0.1, 0.15) is 10.4 Å². The third-order valence-corrected chi connectivity index (χ3v) is 2.67. The van der Waals surface area contributed by atoms with Crippen LogP contribution in [0.15, 0.2) is 48.5 Å². The van der Waals surface area contributed by atoms with E-state index in [2.05, 4.69) is 5.32 Å². The Balaban J connectivity index is 2.13. The summed E-state index contributed by atoms with van der Waals surface area (Å²) in [4.78, 5) is 22.0. The molecule has 0 heterocycles. The number of hydrogen-bond acceptors (Lipinski definition) is 4. The summed E-state index contributed by atoms with van der Waals surface area (Å²) in [5, 5.41) is 13.2. The first-order valence-electron chi connectivity index (χ1n) is 5.80. The van der Waals surface area contributed by atoms with E-state index >= 15 is 0 Å². The molecule has 6 nitrogen and oxygen atoms in total. The average molecular weight is 272 g/mol. The summed E-state index contributed by atoms with van der Waals surface area (Å²) in [6.45, 7) is 0. The molecule has 0 spiro atoms. The van der Waals surface area contributed by atoms with E-state index in [0.29, 0.717) is 17.0 Å². The van der Waals surface area contributed by atoms with Gasteiger partial charge >= 0.3 is 0 Å². The lowest BCUT2D eigenvalue weighted by Crippen LogP contribution is -2.11. The van der Waals surface area contributed by atoms with E-state index in [1.54, 1.807) is 24.3 Å². The zero-order chi connectivity index (χ0) is 14.5. The van der Waals surface area contributed by atoms with Gasteiger partial charge in [-0.25, -0.2) is 0 Å². The number of nitro benzene ring substituents is 1. The molecular formula is C14H12N2O4. The standard InChI is InChI=1S/C14H12N2O4/c1-20-13-4-2-3-11(9-13)15-14(17)10-5-7-12(8-6-10)16(18)19/h2-9H,1H3,(H,15,17). The molecule has 0 unspecified atom stereocenters. The largest absolute Gasteiger partial charge is 0.497 e. The number of anilines is 1. The number of carbonyl (C=O) groups excluding carboxylic acids is 1. The number of carbonyl (C=O) groups is 1. The number of nitro groups is 1. The fourth-order valence-corrected chi connectivity index (χ4v) is 1.64. The molecule has 6 heteroatoms. The van der Waals surface area contributed by atoms with Crippen molar-refractivity contribution in [2.24, 2.45) is 0 Å². The zero-order valence-electron chi connectivity index (χ0n) is 10.7. The molecular weight excluding hydrogens is 260 g/mol. The number of hydrogen-bond donors (Lipinski definition) is 1. The van der Waals surface area contributed by atoms with E-state index in [1.807, 2.05) is 0 Å². The van der Waals surface area contributed by atoms with E-state index < -0.39 is 4.92 Å². The van der Waals surface area contributed by atoms with Crippen LogP contribution >= 0.6 is 0 Å². The summed E-state index contributed by atoms with van der Waals surface area (Å²) < 4.78 is 5.06. The fourth-order valence-electron chi connectivity index (χ4n) is 1.64. The van der Waals surface area contributed by atoms with Crippen LogP contribution in [-0.2, 0) is 0 Å². The second kappa shape index (κ2) is 5.83. The van der Waals surface area contributed by atoms with Crippen LogP contribution < -0.4 is 10.1 Å². The van der Waals surface area contributed by atoms with Crippen molar-refractivity contribution >= 4 is 17.3 Å². The Morgan fingerprint density at radius 1 is 1.20 bits per heavy atom. The van der Waals surface area contributed by atoms with Gasteiger partial charge in [-0.3, -0.25) is 14.9 Å². The van der Waals surface area contributed by atoms with Gasteiger partial charge in [-0.05, 0) is 24.3 Å². The van der Waals surface area contributed by atoms with Crippen molar-refractivity contribution in [3.05, 3.63) is 64.2 Å².